The van der Waals surface area contributed by atoms with Crippen LogP contribution in [-0.2, 0) is 11.2 Å². The van der Waals surface area contributed by atoms with Gasteiger partial charge in [0, 0.05) is 12.1 Å². The maximum absolute atomic E-state index is 11.0. The summed E-state index contributed by atoms with van der Waals surface area (Å²) in [5.74, 6) is 1.96. The molecule has 2 aromatic rings. The van der Waals surface area contributed by atoms with Crippen molar-refractivity contribution in [3.8, 4) is 28.7 Å². The smallest absolute Gasteiger partial charge is 0.231 e. The molecule has 0 saturated carbocycles. The lowest BCUT2D eigenvalue weighted by atomic mass is 9.85. The third-order valence-electron chi connectivity index (χ3n) is 6.00. The summed E-state index contributed by atoms with van der Waals surface area (Å²) in [6, 6.07) is 5.29. The van der Waals surface area contributed by atoms with Gasteiger partial charge in [-0.1, -0.05) is 6.07 Å². The highest BCUT2D eigenvalue weighted by atomic mass is 16.7. The van der Waals surface area contributed by atoms with Crippen molar-refractivity contribution in [2.45, 2.75) is 24.9 Å². The fraction of sp³-hybridized carbons (Fsp3) is 0.429. The van der Waals surface area contributed by atoms with Gasteiger partial charge in [-0.3, -0.25) is 4.90 Å². The molecule has 3 aliphatic rings. The van der Waals surface area contributed by atoms with Gasteiger partial charge in [-0.15, -0.1) is 0 Å². The van der Waals surface area contributed by atoms with Gasteiger partial charge < -0.3 is 33.9 Å². The first kappa shape index (κ1) is 18.4. The Morgan fingerprint density at radius 1 is 1.14 bits per heavy atom. The Morgan fingerprint density at radius 3 is 2.72 bits per heavy atom. The molecule has 8 heteroatoms. The van der Waals surface area contributed by atoms with Gasteiger partial charge >= 0.3 is 0 Å². The van der Waals surface area contributed by atoms with Gasteiger partial charge in [-0.25, -0.2) is 0 Å². The van der Waals surface area contributed by atoms with Crippen molar-refractivity contribution in [1.82, 2.24) is 4.90 Å². The number of phenols is 1. The molecule has 2 aromatic carbocycles. The summed E-state index contributed by atoms with van der Waals surface area (Å²) in [5.41, 5.74) is 3.08. The molecule has 0 amide bonds. The van der Waals surface area contributed by atoms with Crippen LogP contribution >= 0.6 is 0 Å². The third-order valence-corrected chi connectivity index (χ3v) is 6.00. The average molecular weight is 401 g/mol. The molecule has 0 spiro atoms. The van der Waals surface area contributed by atoms with Crippen molar-refractivity contribution < 1.29 is 33.9 Å². The van der Waals surface area contributed by atoms with E-state index in [4.69, 9.17) is 23.7 Å². The number of hydrogen-bond acceptors (Lipinski definition) is 8. The van der Waals surface area contributed by atoms with E-state index in [0.717, 1.165) is 29.7 Å². The van der Waals surface area contributed by atoms with Crippen LogP contribution in [0, 0.1) is 0 Å². The SMILES string of the molecule is COc1ccc2c(c1OC)C(O)OC2C1c2c(cc3c(c2O)OCO3)CCN1C. The first-order chi connectivity index (χ1) is 14.0. The van der Waals surface area contributed by atoms with Gasteiger partial charge in [0.15, 0.2) is 29.3 Å². The maximum atomic E-state index is 11.0. The molecule has 0 aliphatic carbocycles. The second-order valence-corrected chi connectivity index (χ2v) is 7.42. The molecule has 0 radical (unpaired) electrons. The molecule has 5 rings (SSSR count). The number of ether oxygens (including phenoxy) is 5. The molecule has 29 heavy (non-hydrogen) atoms. The van der Waals surface area contributed by atoms with Crippen LogP contribution in [0.25, 0.3) is 0 Å². The lowest BCUT2D eigenvalue weighted by Crippen LogP contribution is -2.36. The topological polar surface area (TPSA) is 89.9 Å². The minimum atomic E-state index is -1.16. The van der Waals surface area contributed by atoms with Gasteiger partial charge in [-0.05, 0) is 36.7 Å². The molecule has 154 valence electrons. The molecule has 3 aliphatic heterocycles. The Bertz CT molecular complexity index is 976. The quantitative estimate of drug-likeness (QED) is 0.811. The van der Waals surface area contributed by atoms with Crippen LogP contribution in [0.4, 0.5) is 0 Å². The number of rotatable bonds is 3. The molecule has 0 saturated heterocycles. The number of aromatic hydroxyl groups is 1. The van der Waals surface area contributed by atoms with E-state index >= 15 is 0 Å². The lowest BCUT2D eigenvalue weighted by Gasteiger charge is -2.38. The summed E-state index contributed by atoms with van der Waals surface area (Å²) in [4.78, 5) is 2.12. The molecule has 8 nitrogen and oxygen atoms in total. The van der Waals surface area contributed by atoms with Crippen LogP contribution in [-0.4, -0.2) is 49.7 Å². The van der Waals surface area contributed by atoms with Crippen molar-refractivity contribution in [3.05, 3.63) is 40.5 Å². The van der Waals surface area contributed by atoms with Crippen molar-refractivity contribution in [2.24, 2.45) is 0 Å². The highest BCUT2D eigenvalue weighted by Crippen LogP contribution is 2.56. The van der Waals surface area contributed by atoms with E-state index in [2.05, 4.69) is 4.90 Å². The van der Waals surface area contributed by atoms with Crippen molar-refractivity contribution in [2.75, 3.05) is 34.6 Å². The number of aliphatic hydroxyl groups is 1. The molecule has 0 fully saturated rings. The zero-order valence-electron chi connectivity index (χ0n) is 16.5. The largest absolute Gasteiger partial charge is 0.504 e. The molecule has 2 N–H and O–H groups in total. The van der Waals surface area contributed by atoms with Gasteiger partial charge in [0.1, 0.15) is 6.10 Å². The van der Waals surface area contributed by atoms with Gasteiger partial charge in [-0.2, -0.15) is 0 Å². The number of benzene rings is 2. The molecular formula is C21H23NO7. The van der Waals surface area contributed by atoms with E-state index in [9.17, 15) is 10.2 Å². The zero-order valence-corrected chi connectivity index (χ0v) is 16.5. The number of phenolic OH excluding ortho intramolecular Hbond substituents is 1. The summed E-state index contributed by atoms with van der Waals surface area (Å²) < 4.78 is 27.8. The second kappa shape index (κ2) is 6.69. The number of methoxy groups -OCH3 is 2. The van der Waals surface area contributed by atoms with Gasteiger partial charge in [0.05, 0.1) is 25.8 Å². The summed E-state index contributed by atoms with van der Waals surface area (Å²) in [5, 5.41) is 21.7. The fourth-order valence-electron chi connectivity index (χ4n) is 4.66. The van der Waals surface area contributed by atoms with E-state index in [0.29, 0.717) is 28.6 Å². The number of fused-ring (bicyclic) bond motifs is 3. The zero-order chi connectivity index (χ0) is 20.3. The Morgan fingerprint density at radius 2 is 1.97 bits per heavy atom. The predicted octanol–water partition coefficient (Wildman–Crippen LogP) is 2.43. The summed E-state index contributed by atoms with van der Waals surface area (Å²) >= 11 is 0. The van der Waals surface area contributed by atoms with E-state index in [-0.39, 0.29) is 18.6 Å². The van der Waals surface area contributed by atoms with Crippen molar-refractivity contribution in [1.29, 1.82) is 0 Å². The second-order valence-electron chi connectivity index (χ2n) is 7.42. The van der Waals surface area contributed by atoms with Crippen LogP contribution < -0.4 is 18.9 Å². The van der Waals surface area contributed by atoms with Gasteiger partial charge in [0.25, 0.3) is 0 Å². The molecule has 3 heterocycles. The highest BCUT2D eigenvalue weighted by Gasteiger charge is 2.45. The minimum Gasteiger partial charge on any atom is -0.504 e. The first-order valence-electron chi connectivity index (χ1n) is 9.48. The number of aliphatic hydroxyl groups excluding tert-OH is 1. The maximum Gasteiger partial charge on any atom is 0.231 e. The number of hydrogen-bond donors (Lipinski definition) is 2. The predicted molar refractivity (Wildman–Crippen MR) is 102 cm³/mol. The summed E-state index contributed by atoms with van der Waals surface area (Å²) in [6.07, 6.45) is -0.897. The van der Waals surface area contributed by atoms with Crippen LogP contribution in [0.15, 0.2) is 18.2 Å². The Hall–Kier alpha value is -2.68. The minimum absolute atomic E-state index is 0.0681. The molecule has 0 aromatic heterocycles. The fourth-order valence-corrected chi connectivity index (χ4v) is 4.66. The Balaban J connectivity index is 1.66. The molecule has 3 unspecified atom stereocenters. The number of nitrogens with zero attached hydrogens (tertiary/aromatic N) is 1. The number of likely N-dealkylation sites (N-methyl/N-ethyl adjacent to an activating group) is 1. The Kier molecular flexibility index (Phi) is 4.23. The van der Waals surface area contributed by atoms with Crippen molar-refractivity contribution >= 4 is 0 Å². The lowest BCUT2D eigenvalue weighted by molar-refractivity contribution is -0.142. The van der Waals surface area contributed by atoms with Crippen LogP contribution in [0.1, 0.15) is 40.7 Å². The van der Waals surface area contributed by atoms with E-state index in [1.54, 1.807) is 13.2 Å². The third kappa shape index (κ3) is 2.56. The molecule has 3 atom stereocenters. The van der Waals surface area contributed by atoms with Gasteiger partial charge in [0.2, 0.25) is 12.5 Å². The Labute approximate surface area is 168 Å². The molecule has 0 bridgehead atoms. The summed E-state index contributed by atoms with van der Waals surface area (Å²) in [6.45, 7) is 0.861. The monoisotopic (exact) mass is 401 g/mol. The van der Waals surface area contributed by atoms with E-state index in [1.807, 2.05) is 19.2 Å². The van der Waals surface area contributed by atoms with Crippen LogP contribution in [0.5, 0.6) is 28.7 Å². The summed E-state index contributed by atoms with van der Waals surface area (Å²) in [7, 11) is 5.06. The standard InChI is InChI=1S/C21H23NO7/c1-22-7-6-10-8-13-20(28-9-27-13)17(23)14(10)16(22)18-11-4-5-12(25-2)19(26-3)15(11)21(24)29-18/h4-5,8,16,18,21,23-24H,6-7,9H2,1-3H3. The average Bonchev–Trinajstić information content (AvgIpc) is 3.32. The molecular weight excluding hydrogens is 378 g/mol. The highest BCUT2D eigenvalue weighted by molar-refractivity contribution is 5.62. The van der Waals surface area contributed by atoms with Crippen molar-refractivity contribution in [3.63, 3.8) is 0 Å². The van der Waals surface area contributed by atoms with E-state index in [1.165, 1.54) is 7.11 Å². The van der Waals surface area contributed by atoms with Crippen LogP contribution in [0.3, 0.4) is 0 Å². The van der Waals surface area contributed by atoms with E-state index < -0.39 is 12.4 Å². The normalized spacial score (nSPS) is 24.9. The van der Waals surface area contributed by atoms with Crippen LogP contribution in [0.2, 0.25) is 0 Å². The first-order valence-corrected chi connectivity index (χ1v) is 9.48.